The highest BCUT2D eigenvalue weighted by atomic mass is 32.1. The number of hydrogen-bond donors (Lipinski definition) is 1. The van der Waals surface area contributed by atoms with Crippen LogP contribution in [0.2, 0.25) is 0 Å². The lowest BCUT2D eigenvalue weighted by atomic mass is 9.95. The molecule has 1 unspecified atom stereocenters. The molecule has 1 N–H and O–H groups in total. The van der Waals surface area contributed by atoms with Crippen molar-refractivity contribution < 1.29 is 24.2 Å². The fourth-order valence-electron chi connectivity index (χ4n) is 4.79. The Morgan fingerprint density at radius 3 is 2.56 bits per heavy atom. The van der Waals surface area contributed by atoms with Crippen molar-refractivity contribution in [1.82, 2.24) is 4.98 Å². The minimum atomic E-state index is -0.931. The molecular formula is C31H28N2O5S. The first-order chi connectivity index (χ1) is 18.8. The van der Waals surface area contributed by atoms with Crippen LogP contribution in [0.1, 0.15) is 35.2 Å². The molecule has 3 aromatic carbocycles. The average molecular weight is 541 g/mol. The van der Waals surface area contributed by atoms with Crippen LogP contribution in [0.3, 0.4) is 0 Å². The number of nitrogens with zero attached hydrogens (tertiary/aromatic N) is 2. The van der Waals surface area contributed by atoms with Crippen LogP contribution in [0.15, 0.2) is 78.9 Å². The summed E-state index contributed by atoms with van der Waals surface area (Å²) >= 11 is 1.34. The smallest absolute Gasteiger partial charge is 0.301 e. The van der Waals surface area contributed by atoms with E-state index in [4.69, 9.17) is 14.5 Å². The number of Topliss-reactive ketones (excluding diaryl/α,β-unsaturated/α-hetero) is 1. The molecule has 2 heterocycles. The molecular weight excluding hydrogens is 512 g/mol. The molecule has 198 valence electrons. The number of aliphatic hydroxyl groups excluding tert-OH is 1. The van der Waals surface area contributed by atoms with Crippen LogP contribution in [0.4, 0.5) is 5.13 Å². The lowest BCUT2D eigenvalue weighted by Crippen LogP contribution is -2.29. The number of thiazole rings is 1. The lowest BCUT2D eigenvalue weighted by Gasteiger charge is -2.24. The molecule has 0 saturated carbocycles. The predicted molar refractivity (Wildman–Crippen MR) is 154 cm³/mol. The maximum Gasteiger partial charge on any atom is 0.301 e. The van der Waals surface area contributed by atoms with Crippen LogP contribution < -0.4 is 14.4 Å². The first kappa shape index (κ1) is 26.2. The van der Waals surface area contributed by atoms with Gasteiger partial charge in [0.15, 0.2) is 16.6 Å². The first-order valence-corrected chi connectivity index (χ1v) is 13.4. The molecule has 1 atom stereocenters. The Balaban J connectivity index is 1.73. The summed E-state index contributed by atoms with van der Waals surface area (Å²) in [6, 6.07) is 17.1. The van der Waals surface area contributed by atoms with Crippen LogP contribution in [0, 0.1) is 13.8 Å². The summed E-state index contributed by atoms with van der Waals surface area (Å²) in [6.07, 6.45) is 1.63. The van der Waals surface area contributed by atoms with Gasteiger partial charge in [-0.25, -0.2) is 4.98 Å². The fraction of sp³-hybridized carbons (Fsp3) is 0.194. The number of anilines is 1. The molecule has 1 aliphatic rings. The van der Waals surface area contributed by atoms with Crippen molar-refractivity contribution in [2.45, 2.75) is 26.8 Å². The second kappa shape index (κ2) is 10.7. The maximum atomic E-state index is 13.6. The number of aliphatic hydroxyl groups is 1. The zero-order valence-electron chi connectivity index (χ0n) is 21.9. The number of fused-ring (bicyclic) bond motifs is 1. The van der Waals surface area contributed by atoms with E-state index in [1.165, 1.54) is 16.2 Å². The number of carbonyl (C=O) groups is 2. The van der Waals surface area contributed by atoms with Gasteiger partial charge in [0.05, 0.1) is 28.4 Å². The zero-order chi connectivity index (χ0) is 27.7. The summed E-state index contributed by atoms with van der Waals surface area (Å²) < 4.78 is 12.5. The topological polar surface area (TPSA) is 89.0 Å². The third-order valence-electron chi connectivity index (χ3n) is 6.46. The van der Waals surface area contributed by atoms with Gasteiger partial charge in [-0.05, 0) is 55.7 Å². The van der Waals surface area contributed by atoms with Crippen molar-refractivity contribution in [2.24, 2.45) is 0 Å². The zero-order valence-corrected chi connectivity index (χ0v) is 22.7. The second-order valence-electron chi connectivity index (χ2n) is 9.20. The van der Waals surface area contributed by atoms with Crippen molar-refractivity contribution >= 4 is 44.1 Å². The average Bonchev–Trinajstić information content (AvgIpc) is 3.46. The SMILES string of the molecule is C=CCOc1ccc(C2C(=C(O)c3ccccc3)C(=O)C(=O)N2c2nc3c(C)cc(C)cc3s2)cc1OCC. The standard InChI is InChI=1S/C31H28N2O5S/c1-5-14-38-22-13-12-21(17-23(22)37-6-2)27-25(28(34)20-10-8-7-9-11-20)29(35)30(36)33(27)31-32-26-19(4)15-18(3)16-24(26)39-31/h5,7-13,15-17,27,34H,1,6,14H2,2-4H3. The Bertz CT molecular complexity index is 1620. The van der Waals surface area contributed by atoms with Gasteiger partial charge in [-0.3, -0.25) is 14.5 Å². The van der Waals surface area contributed by atoms with Crippen molar-refractivity contribution in [3.05, 3.63) is 101 Å². The van der Waals surface area contributed by atoms with E-state index in [1.807, 2.05) is 39.0 Å². The summed E-state index contributed by atoms with van der Waals surface area (Å²) in [4.78, 5) is 33.3. The Morgan fingerprint density at radius 2 is 1.85 bits per heavy atom. The molecule has 1 aromatic heterocycles. The van der Waals surface area contributed by atoms with E-state index in [0.29, 0.717) is 34.4 Å². The molecule has 39 heavy (non-hydrogen) atoms. The number of ether oxygens (including phenoxy) is 2. The van der Waals surface area contributed by atoms with Crippen molar-refractivity contribution in [2.75, 3.05) is 18.1 Å². The van der Waals surface area contributed by atoms with Crippen molar-refractivity contribution in [3.8, 4) is 11.5 Å². The normalized spacial score (nSPS) is 16.6. The highest BCUT2D eigenvalue weighted by Gasteiger charge is 2.48. The van der Waals surface area contributed by atoms with Gasteiger partial charge in [0.25, 0.3) is 5.78 Å². The quantitative estimate of drug-likeness (QED) is 0.119. The first-order valence-electron chi connectivity index (χ1n) is 12.6. The van der Waals surface area contributed by atoms with E-state index in [0.717, 1.165) is 21.3 Å². The van der Waals surface area contributed by atoms with Crippen LogP contribution in [-0.2, 0) is 9.59 Å². The number of carbonyl (C=O) groups excluding carboxylic acids is 2. The van der Waals surface area contributed by atoms with Gasteiger partial charge in [0.2, 0.25) is 0 Å². The summed E-state index contributed by atoms with van der Waals surface area (Å²) in [6.45, 7) is 10.2. The van der Waals surface area contributed by atoms with E-state index < -0.39 is 17.7 Å². The number of aryl methyl sites for hydroxylation is 2. The summed E-state index contributed by atoms with van der Waals surface area (Å²) in [5.74, 6) is -0.821. The minimum absolute atomic E-state index is 0.0134. The number of rotatable bonds is 8. The van der Waals surface area contributed by atoms with Crippen LogP contribution in [0.25, 0.3) is 16.0 Å². The highest BCUT2D eigenvalue weighted by Crippen LogP contribution is 2.46. The van der Waals surface area contributed by atoms with Gasteiger partial charge < -0.3 is 14.6 Å². The molecule has 1 aliphatic heterocycles. The van der Waals surface area contributed by atoms with Crippen LogP contribution >= 0.6 is 11.3 Å². The van der Waals surface area contributed by atoms with Crippen molar-refractivity contribution in [3.63, 3.8) is 0 Å². The van der Waals surface area contributed by atoms with E-state index in [2.05, 4.69) is 6.58 Å². The summed E-state index contributed by atoms with van der Waals surface area (Å²) in [5.41, 5.74) is 3.83. The van der Waals surface area contributed by atoms with E-state index in [9.17, 15) is 14.7 Å². The molecule has 7 nitrogen and oxygen atoms in total. The second-order valence-corrected chi connectivity index (χ2v) is 10.2. The monoisotopic (exact) mass is 540 g/mol. The molecule has 1 saturated heterocycles. The van der Waals surface area contributed by atoms with Crippen LogP contribution in [0.5, 0.6) is 11.5 Å². The molecule has 4 aromatic rings. The Kier molecular flexibility index (Phi) is 7.21. The largest absolute Gasteiger partial charge is 0.507 e. The van der Waals surface area contributed by atoms with Gasteiger partial charge in [-0.1, -0.05) is 66.5 Å². The van der Waals surface area contributed by atoms with E-state index in [-0.39, 0.29) is 17.9 Å². The third kappa shape index (κ3) is 4.79. The van der Waals surface area contributed by atoms with Gasteiger partial charge >= 0.3 is 5.91 Å². The Morgan fingerprint density at radius 1 is 1.08 bits per heavy atom. The number of amides is 1. The lowest BCUT2D eigenvalue weighted by molar-refractivity contribution is -0.132. The summed E-state index contributed by atoms with van der Waals surface area (Å²) in [5, 5.41) is 11.7. The Labute approximate surface area is 230 Å². The summed E-state index contributed by atoms with van der Waals surface area (Å²) in [7, 11) is 0. The number of aromatic nitrogens is 1. The minimum Gasteiger partial charge on any atom is -0.507 e. The predicted octanol–water partition coefficient (Wildman–Crippen LogP) is 6.50. The third-order valence-corrected chi connectivity index (χ3v) is 7.46. The number of benzene rings is 3. The van der Waals surface area contributed by atoms with Crippen LogP contribution in [-0.4, -0.2) is 35.0 Å². The number of ketones is 1. The molecule has 0 bridgehead atoms. The Hall–Kier alpha value is -4.43. The molecule has 1 amide bonds. The molecule has 5 rings (SSSR count). The highest BCUT2D eigenvalue weighted by molar-refractivity contribution is 7.22. The molecule has 0 radical (unpaired) electrons. The van der Waals surface area contributed by atoms with Gasteiger partial charge in [0, 0.05) is 5.56 Å². The van der Waals surface area contributed by atoms with E-state index >= 15 is 0 Å². The fourth-order valence-corrected chi connectivity index (χ4v) is 5.96. The molecule has 8 heteroatoms. The molecule has 0 aliphatic carbocycles. The molecule has 1 fully saturated rings. The van der Waals surface area contributed by atoms with E-state index in [1.54, 1.807) is 48.5 Å². The van der Waals surface area contributed by atoms with Gasteiger partial charge in [0.1, 0.15) is 12.4 Å². The number of hydrogen-bond acceptors (Lipinski definition) is 7. The van der Waals surface area contributed by atoms with Gasteiger partial charge in [-0.15, -0.1) is 0 Å². The maximum absolute atomic E-state index is 13.6. The van der Waals surface area contributed by atoms with Gasteiger partial charge in [-0.2, -0.15) is 0 Å². The van der Waals surface area contributed by atoms with Crippen molar-refractivity contribution in [1.29, 1.82) is 0 Å². The molecule has 0 spiro atoms.